The lowest BCUT2D eigenvalue weighted by Crippen LogP contribution is -2.06. The topological polar surface area (TPSA) is 47.0 Å². The highest BCUT2D eigenvalue weighted by Gasteiger charge is 2.12. The van der Waals surface area contributed by atoms with Crippen LogP contribution < -0.4 is 0 Å². The minimum atomic E-state index is -0.156. The maximum Gasteiger partial charge on any atom is 0.171 e. The predicted octanol–water partition coefficient (Wildman–Crippen LogP) is 1.98. The highest BCUT2D eigenvalue weighted by molar-refractivity contribution is 6.03. The fourth-order valence-corrected chi connectivity index (χ4v) is 1.33. The van der Waals surface area contributed by atoms with Crippen molar-refractivity contribution in [2.75, 3.05) is 0 Å². The summed E-state index contributed by atoms with van der Waals surface area (Å²) in [6.45, 7) is 4.01. The van der Waals surface area contributed by atoms with Gasteiger partial charge in [-0.15, -0.1) is 0 Å². The van der Waals surface area contributed by atoms with Crippen molar-refractivity contribution < 1.29 is 9.59 Å². The van der Waals surface area contributed by atoms with E-state index in [4.69, 9.17) is 0 Å². The molecule has 1 heterocycles. The Kier molecular flexibility index (Phi) is 3.51. The third kappa shape index (κ3) is 2.25. The van der Waals surface area contributed by atoms with E-state index in [2.05, 4.69) is 4.98 Å². The summed E-state index contributed by atoms with van der Waals surface area (Å²) in [7, 11) is 0. The number of pyridine rings is 1. The van der Waals surface area contributed by atoms with E-state index >= 15 is 0 Å². The molecule has 0 N–H and O–H groups in total. The predicted molar refractivity (Wildman–Crippen MR) is 53.3 cm³/mol. The summed E-state index contributed by atoms with van der Waals surface area (Å²) >= 11 is 0. The molecule has 3 nitrogen and oxygen atoms in total. The molecule has 0 bridgehead atoms. The van der Waals surface area contributed by atoms with Gasteiger partial charge in [-0.1, -0.05) is 13.8 Å². The zero-order valence-electron chi connectivity index (χ0n) is 8.36. The Hall–Kier alpha value is -1.51. The third-order valence-corrected chi connectivity index (χ3v) is 2.05. The van der Waals surface area contributed by atoms with Crippen LogP contribution in [0.3, 0.4) is 0 Å². The molecular weight excluding hydrogens is 178 g/mol. The van der Waals surface area contributed by atoms with Gasteiger partial charge in [0.15, 0.2) is 5.78 Å². The SMILES string of the molecule is CC(C)c1ccncc1C(=O)CC=O. The summed E-state index contributed by atoms with van der Waals surface area (Å²) in [6, 6.07) is 1.82. The van der Waals surface area contributed by atoms with Crippen molar-refractivity contribution in [1.29, 1.82) is 0 Å². The van der Waals surface area contributed by atoms with Gasteiger partial charge in [-0.25, -0.2) is 0 Å². The van der Waals surface area contributed by atoms with Crippen molar-refractivity contribution >= 4 is 12.1 Å². The highest BCUT2D eigenvalue weighted by Crippen LogP contribution is 2.18. The maximum absolute atomic E-state index is 11.5. The Balaban J connectivity index is 3.06. The van der Waals surface area contributed by atoms with Gasteiger partial charge in [-0.3, -0.25) is 9.78 Å². The molecule has 0 aliphatic carbocycles. The van der Waals surface area contributed by atoms with Gasteiger partial charge in [0, 0.05) is 18.0 Å². The zero-order chi connectivity index (χ0) is 10.6. The standard InChI is InChI=1S/C11H13NO2/c1-8(2)9-3-5-12-7-10(9)11(14)4-6-13/h3,5-8H,4H2,1-2H3. The van der Waals surface area contributed by atoms with Crippen LogP contribution in [0.1, 0.15) is 42.1 Å². The van der Waals surface area contributed by atoms with Crippen molar-refractivity contribution in [3.63, 3.8) is 0 Å². The number of nitrogens with zero attached hydrogens (tertiary/aromatic N) is 1. The van der Waals surface area contributed by atoms with Gasteiger partial charge in [-0.2, -0.15) is 0 Å². The molecule has 74 valence electrons. The quantitative estimate of drug-likeness (QED) is 0.415. The minimum absolute atomic E-state index is 0.0641. The van der Waals surface area contributed by atoms with Gasteiger partial charge in [-0.05, 0) is 17.5 Å². The Labute approximate surface area is 83.2 Å². The second kappa shape index (κ2) is 4.65. The van der Waals surface area contributed by atoms with Crippen molar-refractivity contribution in [1.82, 2.24) is 4.98 Å². The molecule has 0 aromatic carbocycles. The molecule has 0 saturated heterocycles. The number of hydrogen-bond acceptors (Lipinski definition) is 3. The summed E-state index contributed by atoms with van der Waals surface area (Å²) in [5, 5.41) is 0. The normalized spacial score (nSPS) is 10.2. The number of rotatable bonds is 4. The molecule has 0 atom stereocenters. The number of aldehydes is 1. The van der Waals surface area contributed by atoms with E-state index in [1.165, 1.54) is 6.20 Å². The maximum atomic E-state index is 11.5. The van der Waals surface area contributed by atoms with Crippen LogP contribution in [0.4, 0.5) is 0 Å². The first-order valence-electron chi connectivity index (χ1n) is 4.57. The van der Waals surface area contributed by atoms with E-state index in [1.807, 2.05) is 19.9 Å². The molecule has 0 spiro atoms. The van der Waals surface area contributed by atoms with Crippen LogP contribution in [-0.2, 0) is 4.79 Å². The number of ketones is 1. The van der Waals surface area contributed by atoms with E-state index in [9.17, 15) is 9.59 Å². The molecule has 1 aromatic heterocycles. The van der Waals surface area contributed by atoms with E-state index in [0.717, 1.165) is 5.56 Å². The van der Waals surface area contributed by atoms with E-state index in [-0.39, 0.29) is 18.1 Å². The molecule has 0 amide bonds. The lowest BCUT2D eigenvalue weighted by atomic mass is 9.96. The number of carbonyl (C=O) groups is 2. The fourth-order valence-electron chi connectivity index (χ4n) is 1.33. The van der Waals surface area contributed by atoms with Crippen LogP contribution in [-0.4, -0.2) is 17.1 Å². The van der Waals surface area contributed by atoms with Crippen molar-refractivity contribution in [3.8, 4) is 0 Å². The fraction of sp³-hybridized carbons (Fsp3) is 0.364. The molecule has 0 unspecified atom stereocenters. The molecule has 0 aliphatic rings. The number of carbonyl (C=O) groups excluding carboxylic acids is 2. The number of aromatic nitrogens is 1. The Morgan fingerprint density at radius 2 is 2.29 bits per heavy atom. The monoisotopic (exact) mass is 191 g/mol. The van der Waals surface area contributed by atoms with Crippen molar-refractivity contribution in [2.24, 2.45) is 0 Å². The summed E-state index contributed by atoms with van der Waals surface area (Å²) in [4.78, 5) is 25.6. The molecular formula is C11H13NO2. The lowest BCUT2D eigenvalue weighted by Gasteiger charge is -2.09. The van der Waals surface area contributed by atoms with Crippen molar-refractivity contribution in [3.05, 3.63) is 29.6 Å². The third-order valence-electron chi connectivity index (χ3n) is 2.05. The Bertz CT molecular complexity index is 345. The van der Waals surface area contributed by atoms with Crippen molar-refractivity contribution in [2.45, 2.75) is 26.2 Å². The van der Waals surface area contributed by atoms with Gasteiger partial charge in [0.1, 0.15) is 6.29 Å². The van der Waals surface area contributed by atoms with Crippen LogP contribution >= 0.6 is 0 Å². The molecule has 14 heavy (non-hydrogen) atoms. The van der Waals surface area contributed by atoms with E-state index in [1.54, 1.807) is 6.20 Å². The smallest absolute Gasteiger partial charge is 0.171 e. The van der Waals surface area contributed by atoms with Crippen LogP contribution in [0.2, 0.25) is 0 Å². The molecule has 3 heteroatoms. The average Bonchev–Trinajstić information content (AvgIpc) is 2.18. The molecule has 1 rings (SSSR count). The van der Waals surface area contributed by atoms with Gasteiger partial charge in [0.2, 0.25) is 0 Å². The first-order valence-corrected chi connectivity index (χ1v) is 4.57. The zero-order valence-corrected chi connectivity index (χ0v) is 8.36. The van der Waals surface area contributed by atoms with Gasteiger partial charge in [0.05, 0.1) is 6.42 Å². The average molecular weight is 191 g/mol. The summed E-state index contributed by atoms with van der Waals surface area (Å²) < 4.78 is 0. The molecule has 1 aromatic rings. The Morgan fingerprint density at radius 3 is 2.86 bits per heavy atom. The van der Waals surface area contributed by atoms with Gasteiger partial charge >= 0.3 is 0 Å². The molecule has 0 aliphatic heterocycles. The first-order chi connectivity index (χ1) is 6.66. The van der Waals surface area contributed by atoms with E-state index < -0.39 is 0 Å². The summed E-state index contributed by atoms with van der Waals surface area (Å²) in [5.74, 6) is 0.111. The number of hydrogen-bond donors (Lipinski definition) is 0. The van der Waals surface area contributed by atoms with Gasteiger partial charge < -0.3 is 4.79 Å². The second-order valence-corrected chi connectivity index (χ2v) is 3.41. The largest absolute Gasteiger partial charge is 0.303 e. The highest BCUT2D eigenvalue weighted by atomic mass is 16.1. The molecule has 0 saturated carbocycles. The Morgan fingerprint density at radius 1 is 1.57 bits per heavy atom. The minimum Gasteiger partial charge on any atom is -0.303 e. The first kappa shape index (κ1) is 10.6. The van der Waals surface area contributed by atoms with Crippen LogP contribution in [0.25, 0.3) is 0 Å². The van der Waals surface area contributed by atoms with Crippen LogP contribution in [0.15, 0.2) is 18.5 Å². The lowest BCUT2D eigenvalue weighted by molar-refractivity contribution is -0.107. The van der Waals surface area contributed by atoms with Crippen LogP contribution in [0.5, 0.6) is 0 Å². The molecule has 0 fully saturated rings. The molecule has 0 radical (unpaired) electrons. The summed E-state index contributed by atoms with van der Waals surface area (Å²) in [6.07, 6.45) is 3.75. The van der Waals surface area contributed by atoms with Gasteiger partial charge in [0.25, 0.3) is 0 Å². The summed E-state index contributed by atoms with van der Waals surface area (Å²) in [5.41, 5.74) is 1.52. The van der Waals surface area contributed by atoms with E-state index in [0.29, 0.717) is 11.8 Å². The van der Waals surface area contributed by atoms with Crippen LogP contribution in [0, 0.1) is 0 Å². The second-order valence-electron chi connectivity index (χ2n) is 3.41. The number of Topliss-reactive ketones (excluding diaryl/α,β-unsaturated/α-hetero) is 1.